The fourth-order valence-electron chi connectivity index (χ4n) is 1.37. The molecule has 0 aliphatic heterocycles. The molecule has 0 aliphatic rings. The Morgan fingerprint density at radius 1 is 1.45 bits per heavy atom. The molecule has 1 heterocycles. The minimum Gasteiger partial charge on any atom is -0.466 e. The van der Waals surface area contributed by atoms with Gasteiger partial charge in [0.25, 0.3) is 5.91 Å². The zero-order valence-electron chi connectivity index (χ0n) is 10.4. The van der Waals surface area contributed by atoms with Crippen molar-refractivity contribution in [3.63, 3.8) is 0 Å². The Balaban J connectivity index is 2.04. The monoisotopic (exact) mass is 312 g/mol. The molecule has 1 aromatic carbocycles. The molecule has 20 heavy (non-hydrogen) atoms. The van der Waals surface area contributed by atoms with Gasteiger partial charge in [0.2, 0.25) is 5.95 Å². The van der Waals surface area contributed by atoms with E-state index in [0.29, 0.717) is 15.6 Å². The zero-order chi connectivity index (χ0) is 14.5. The maximum absolute atomic E-state index is 11.7. The van der Waals surface area contributed by atoms with Crippen molar-refractivity contribution in [3.05, 3.63) is 39.9 Å². The van der Waals surface area contributed by atoms with Crippen molar-refractivity contribution < 1.29 is 9.53 Å². The molecule has 1 aromatic heterocycles. The average Bonchev–Trinajstić information content (AvgIpc) is 2.88. The number of carbonyl (C=O) groups excluding carboxylic acids is 1. The van der Waals surface area contributed by atoms with E-state index in [1.54, 1.807) is 24.3 Å². The van der Waals surface area contributed by atoms with Gasteiger partial charge < -0.3 is 4.74 Å². The molecule has 0 atom stereocenters. The smallest absolute Gasteiger partial charge is 0.336 e. The Kier molecular flexibility index (Phi) is 4.60. The van der Waals surface area contributed by atoms with Crippen LogP contribution in [0.25, 0.3) is 6.08 Å². The molecule has 6 nitrogen and oxygen atoms in total. The van der Waals surface area contributed by atoms with Gasteiger partial charge in [-0.2, -0.15) is 4.98 Å². The quantitative estimate of drug-likeness (QED) is 0.851. The summed E-state index contributed by atoms with van der Waals surface area (Å²) in [6.45, 7) is 0. The number of carbonyl (C=O) groups is 1. The Bertz CT molecular complexity index is 655. The van der Waals surface area contributed by atoms with Crippen LogP contribution in [-0.2, 0) is 4.79 Å². The van der Waals surface area contributed by atoms with Crippen LogP contribution in [0.4, 0.5) is 5.95 Å². The van der Waals surface area contributed by atoms with E-state index in [1.165, 1.54) is 13.2 Å². The lowest BCUT2D eigenvalue weighted by molar-refractivity contribution is -0.111. The number of amides is 1. The second kappa shape index (κ2) is 6.40. The van der Waals surface area contributed by atoms with Crippen LogP contribution in [-0.4, -0.2) is 28.2 Å². The largest absolute Gasteiger partial charge is 0.466 e. The van der Waals surface area contributed by atoms with Crippen molar-refractivity contribution in [3.8, 4) is 6.01 Å². The number of halogens is 2. The molecule has 1 amide bonds. The topological polar surface area (TPSA) is 79.9 Å². The molecular weight excluding hydrogens is 303 g/mol. The van der Waals surface area contributed by atoms with Gasteiger partial charge in [0.15, 0.2) is 0 Å². The molecule has 8 heteroatoms. The Morgan fingerprint density at radius 2 is 2.25 bits per heavy atom. The van der Waals surface area contributed by atoms with Crippen LogP contribution in [0.3, 0.4) is 0 Å². The molecule has 0 bridgehead atoms. The first-order valence-corrected chi connectivity index (χ1v) is 6.25. The molecule has 0 fully saturated rings. The summed E-state index contributed by atoms with van der Waals surface area (Å²) in [6.07, 6.45) is 2.86. The molecule has 2 rings (SSSR count). The van der Waals surface area contributed by atoms with Gasteiger partial charge in [0, 0.05) is 6.08 Å². The lowest BCUT2D eigenvalue weighted by Gasteiger charge is -2.00. The number of hydrogen-bond donors (Lipinski definition) is 2. The number of hydrogen-bond acceptors (Lipinski definition) is 4. The number of rotatable bonds is 4. The number of methoxy groups -OCH3 is 1. The van der Waals surface area contributed by atoms with E-state index in [-0.39, 0.29) is 17.9 Å². The Morgan fingerprint density at radius 3 is 2.95 bits per heavy atom. The number of nitrogens with one attached hydrogen (secondary N) is 2. The van der Waals surface area contributed by atoms with Crippen molar-refractivity contribution >= 4 is 41.1 Å². The number of aromatic amines is 1. The van der Waals surface area contributed by atoms with E-state index in [9.17, 15) is 4.79 Å². The standard InChI is InChI=1S/C12H10Cl2N4O2/c1-20-12-16-11(17-18-12)15-9(19)6-5-7-3-2-4-8(13)10(7)14/h2-6H,1H3,(H2,15,16,17,18,19)/b6-5+. The lowest BCUT2D eigenvalue weighted by Crippen LogP contribution is -2.09. The minimum atomic E-state index is -0.389. The second-order valence-electron chi connectivity index (χ2n) is 3.64. The Hall–Kier alpha value is -2.05. The third kappa shape index (κ3) is 3.49. The van der Waals surface area contributed by atoms with E-state index >= 15 is 0 Å². The fraction of sp³-hybridized carbons (Fsp3) is 0.0833. The molecule has 0 unspecified atom stereocenters. The van der Waals surface area contributed by atoms with Crippen LogP contribution in [0, 0.1) is 0 Å². The number of benzene rings is 1. The highest BCUT2D eigenvalue weighted by molar-refractivity contribution is 6.42. The van der Waals surface area contributed by atoms with Gasteiger partial charge in [-0.15, -0.1) is 5.10 Å². The third-order valence-corrected chi connectivity index (χ3v) is 3.12. The van der Waals surface area contributed by atoms with Crippen LogP contribution < -0.4 is 10.1 Å². The summed E-state index contributed by atoms with van der Waals surface area (Å²) in [4.78, 5) is 15.5. The molecule has 2 N–H and O–H groups in total. The van der Waals surface area contributed by atoms with Crippen LogP contribution in [0.15, 0.2) is 24.3 Å². The van der Waals surface area contributed by atoms with Crippen molar-refractivity contribution in [2.24, 2.45) is 0 Å². The Labute approximate surface area is 124 Å². The van der Waals surface area contributed by atoms with Gasteiger partial charge in [0.05, 0.1) is 17.2 Å². The van der Waals surface area contributed by atoms with Gasteiger partial charge in [-0.3, -0.25) is 10.1 Å². The minimum absolute atomic E-state index is 0.141. The summed E-state index contributed by atoms with van der Waals surface area (Å²) in [6, 6.07) is 5.30. The predicted molar refractivity (Wildman–Crippen MR) is 77.1 cm³/mol. The normalized spacial score (nSPS) is 10.8. The average molecular weight is 313 g/mol. The number of nitrogens with zero attached hydrogens (tertiary/aromatic N) is 2. The molecule has 0 aliphatic carbocycles. The van der Waals surface area contributed by atoms with Crippen molar-refractivity contribution in [1.29, 1.82) is 0 Å². The van der Waals surface area contributed by atoms with Crippen molar-refractivity contribution in [1.82, 2.24) is 15.2 Å². The van der Waals surface area contributed by atoms with Crippen molar-refractivity contribution in [2.45, 2.75) is 0 Å². The van der Waals surface area contributed by atoms with Gasteiger partial charge in [0.1, 0.15) is 0 Å². The number of ether oxygens (including phenoxy) is 1. The molecular formula is C12H10Cl2N4O2. The number of anilines is 1. The molecule has 0 radical (unpaired) electrons. The van der Waals surface area contributed by atoms with Crippen molar-refractivity contribution in [2.75, 3.05) is 12.4 Å². The van der Waals surface area contributed by atoms with E-state index in [0.717, 1.165) is 0 Å². The molecule has 104 valence electrons. The lowest BCUT2D eigenvalue weighted by atomic mass is 10.2. The first-order valence-electron chi connectivity index (χ1n) is 5.49. The predicted octanol–water partition coefficient (Wildman–Crippen LogP) is 2.77. The summed E-state index contributed by atoms with van der Waals surface area (Å²) in [5.41, 5.74) is 0.643. The molecule has 0 saturated carbocycles. The van der Waals surface area contributed by atoms with Gasteiger partial charge in [-0.05, 0) is 17.7 Å². The van der Waals surface area contributed by atoms with Crippen LogP contribution in [0.1, 0.15) is 5.56 Å². The summed E-state index contributed by atoms with van der Waals surface area (Å²) in [7, 11) is 1.43. The molecule has 0 saturated heterocycles. The zero-order valence-corrected chi connectivity index (χ0v) is 11.9. The second-order valence-corrected chi connectivity index (χ2v) is 4.42. The first kappa shape index (κ1) is 14.4. The highest BCUT2D eigenvalue weighted by Gasteiger charge is 2.05. The summed E-state index contributed by atoms with van der Waals surface area (Å²) in [5.74, 6) is -0.200. The van der Waals surface area contributed by atoms with E-state index in [2.05, 4.69) is 20.5 Å². The highest BCUT2D eigenvalue weighted by atomic mass is 35.5. The van der Waals surface area contributed by atoms with Gasteiger partial charge in [-0.25, -0.2) is 5.10 Å². The summed E-state index contributed by atoms with van der Waals surface area (Å²) < 4.78 is 4.78. The molecule has 0 spiro atoms. The third-order valence-electron chi connectivity index (χ3n) is 2.28. The van der Waals surface area contributed by atoms with Crippen LogP contribution >= 0.6 is 23.2 Å². The molecule has 2 aromatic rings. The van der Waals surface area contributed by atoms with E-state index in [4.69, 9.17) is 27.9 Å². The van der Waals surface area contributed by atoms with Gasteiger partial charge >= 0.3 is 6.01 Å². The number of aromatic nitrogens is 3. The maximum Gasteiger partial charge on any atom is 0.336 e. The van der Waals surface area contributed by atoms with E-state index in [1.807, 2.05) is 0 Å². The fourth-order valence-corrected chi connectivity index (χ4v) is 1.74. The van der Waals surface area contributed by atoms with Crippen LogP contribution in [0.5, 0.6) is 6.01 Å². The maximum atomic E-state index is 11.7. The summed E-state index contributed by atoms with van der Waals surface area (Å²) in [5, 5.41) is 9.51. The van der Waals surface area contributed by atoms with E-state index < -0.39 is 0 Å². The highest BCUT2D eigenvalue weighted by Crippen LogP contribution is 2.26. The SMILES string of the molecule is COc1n[nH]c(NC(=O)/C=C/c2cccc(Cl)c2Cl)n1. The summed E-state index contributed by atoms with van der Waals surface area (Å²) >= 11 is 11.9. The first-order chi connectivity index (χ1) is 9.60. The van der Waals surface area contributed by atoms with Gasteiger partial charge in [-0.1, -0.05) is 35.3 Å². The number of H-pyrrole nitrogens is 1. The van der Waals surface area contributed by atoms with Crippen LogP contribution in [0.2, 0.25) is 10.0 Å².